The molecule has 3 aromatic carbocycles. The molecule has 5 rings (SSSR count). The number of fused-ring (bicyclic) bond motifs is 2. The molecule has 2 aromatic heterocycles. The number of para-hydroxylation sites is 4. The maximum Gasteiger partial charge on any atom is 0.291 e. The molecule has 0 saturated heterocycles. The molecular weight excluding hydrogens is 470 g/mol. The Morgan fingerprint density at radius 3 is 1.86 bits per heavy atom. The highest BCUT2D eigenvalue weighted by molar-refractivity contribution is 5.75. The molecule has 11 heteroatoms. The highest BCUT2D eigenvalue weighted by Gasteiger charge is 2.13. The van der Waals surface area contributed by atoms with Crippen molar-refractivity contribution in [2.24, 2.45) is 0 Å². The Hall–Kier alpha value is -4.38. The van der Waals surface area contributed by atoms with Crippen LogP contribution in [0.15, 0.2) is 79.4 Å². The van der Waals surface area contributed by atoms with E-state index in [9.17, 15) is 8.78 Å². The summed E-state index contributed by atoms with van der Waals surface area (Å²) < 4.78 is 31.9. The van der Waals surface area contributed by atoms with Crippen LogP contribution < -0.4 is 0 Å². The van der Waals surface area contributed by atoms with Gasteiger partial charge in [0.05, 0.1) is 34.7 Å². The number of hydrogen-bond acceptors (Lipinski definition) is 5. The summed E-state index contributed by atoms with van der Waals surface area (Å²) in [5.74, 6) is -1.08. The van der Waals surface area contributed by atoms with Crippen LogP contribution in [0.25, 0.3) is 22.1 Å². The van der Waals surface area contributed by atoms with Crippen LogP contribution in [0.1, 0.15) is 5.56 Å². The van der Waals surface area contributed by atoms with Crippen LogP contribution in [-0.2, 0) is 19.6 Å². The van der Waals surface area contributed by atoms with Crippen molar-refractivity contribution in [3.8, 4) is 0 Å². The SMILES string of the molecule is Fc1ccc(CN(CCn2cnc3ccccc32)CCn2cnc3ccccc32)c(F)c1.O=[N+]([O-])O. The lowest BCUT2D eigenvalue weighted by Crippen LogP contribution is -2.30. The Bertz CT molecular complexity index is 1390. The average molecular weight is 495 g/mol. The molecule has 2 heterocycles. The van der Waals surface area contributed by atoms with E-state index in [-0.39, 0.29) is 0 Å². The van der Waals surface area contributed by atoms with Gasteiger partial charge in [0.2, 0.25) is 0 Å². The van der Waals surface area contributed by atoms with Crippen LogP contribution in [0, 0.1) is 21.7 Å². The molecule has 0 aliphatic carbocycles. The van der Waals surface area contributed by atoms with E-state index in [0.717, 1.165) is 28.1 Å². The van der Waals surface area contributed by atoms with Gasteiger partial charge in [-0.3, -0.25) is 4.90 Å². The van der Waals surface area contributed by atoms with E-state index in [1.54, 1.807) is 0 Å². The molecule has 0 aliphatic heterocycles. The first-order valence-corrected chi connectivity index (χ1v) is 11.2. The molecule has 186 valence electrons. The number of aromatic nitrogens is 4. The zero-order chi connectivity index (χ0) is 25.5. The van der Waals surface area contributed by atoms with E-state index in [1.807, 2.05) is 61.2 Å². The fourth-order valence-corrected chi connectivity index (χ4v) is 4.04. The number of halogens is 2. The van der Waals surface area contributed by atoms with Gasteiger partial charge in [0.25, 0.3) is 5.09 Å². The number of hydrogen-bond donors (Lipinski definition) is 1. The molecule has 0 radical (unpaired) electrons. The largest absolute Gasteiger partial charge is 0.329 e. The van der Waals surface area contributed by atoms with Gasteiger partial charge in [-0.15, -0.1) is 10.1 Å². The summed E-state index contributed by atoms with van der Waals surface area (Å²) in [6, 6.07) is 19.8. The van der Waals surface area contributed by atoms with Gasteiger partial charge < -0.3 is 14.3 Å². The quantitative estimate of drug-likeness (QED) is 0.251. The number of benzene rings is 3. The summed E-state index contributed by atoms with van der Waals surface area (Å²) in [7, 11) is 0. The van der Waals surface area contributed by atoms with Gasteiger partial charge in [0.15, 0.2) is 0 Å². The lowest BCUT2D eigenvalue weighted by atomic mass is 10.2. The van der Waals surface area contributed by atoms with Gasteiger partial charge in [-0.1, -0.05) is 30.3 Å². The molecule has 36 heavy (non-hydrogen) atoms. The lowest BCUT2D eigenvalue weighted by molar-refractivity contribution is -0.742. The van der Waals surface area contributed by atoms with E-state index >= 15 is 0 Å². The minimum Gasteiger partial charge on any atom is -0.329 e. The Kier molecular flexibility index (Phi) is 7.81. The minimum atomic E-state index is -1.50. The molecule has 0 saturated carbocycles. The second-order valence-electron chi connectivity index (χ2n) is 8.10. The Morgan fingerprint density at radius 1 is 0.861 bits per heavy atom. The summed E-state index contributed by atoms with van der Waals surface area (Å²) >= 11 is 0. The highest BCUT2D eigenvalue weighted by atomic mass is 19.1. The van der Waals surface area contributed by atoms with E-state index in [1.165, 1.54) is 12.1 Å². The Balaban J connectivity index is 0.000000709. The van der Waals surface area contributed by atoms with Gasteiger partial charge in [-0.2, -0.15) is 0 Å². The maximum absolute atomic E-state index is 14.4. The average Bonchev–Trinajstić information content (AvgIpc) is 3.46. The highest BCUT2D eigenvalue weighted by Crippen LogP contribution is 2.16. The van der Waals surface area contributed by atoms with Crippen LogP contribution >= 0.6 is 0 Å². The first-order chi connectivity index (χ1) is 17.4. The van der Waals surface area contributed by atoms with Crippen LogP contribution in [0.3, 0.4) is 0 Å². The molecule has 0 spiro atoms. The van der Waals surface area contributed by atoms with E-state index in [4.69, 9.17) is 15.3 Å². The molecule has 0 fully saturated rings. The molecule has 9 nitrogen and oxygen atoms in total. The Morgan fingerprint density at radius 2 is 1.36 bits per heavy atom. The van der Waals surface area contributed by atoms with E-state index in [2.05, 4.69) is 24.0 Å². The third kappa shape index (κ3) is 6.19. The summed E-state index contributed by atoms with van der Waals surface area (Å²) in [6.07, 6.45) is 3.68. The van der Waals surface area contributed by atoms with Gasteiger partial charge in [-0.05, 0) is 30.3 Å². The third-order valence-electron chi connectivity index (χ3n) is 5.78. The predicted molar refractivity (Wildman–Crippen MR) is 130 cm³/mol. The van der Waals surface area contributed by atoms with E-state index < -0.39 is 16.7 Å². The predicted octanol–water partition coefficient (Wildman–Crippen LogP) is 4.52. The second kappa shape index (κ2) is 11.4. The fourth-order valence-electron chi connectivity index (χ4n) is 4.04. The van der Waals surface area contributed by atoms with Crippen molar-refractivity contribution < 1.29 is 19.1 Å². The smallest absolute Gasteiger partial charge is 0.291 e. The van der Waals surface area contributed by atoms with Gasteiger partial charge in [0, 0.05) is 44.4 Å². The number of rotatable bonds is 8. The van der Waals surface area contributed by atoms with Crippen molar-refractivity contribution >= 4 is 22.1 Å². The van der Waals surface area contributed by atoms with E-state index in [0.29, 0.717) is 38.3 Å². The van der Waals surface area contributed by atoms with Gasteiger partial charge in [0.1, 0.15) is 11.6 Å². The zero-order valence-corrected chi connectivity index (χ0v) is 19.2. The van der Waals surface area contributed by atoms with Crippen LogP contribution in [0.5, 0.6) is 0 Å². The third-order valence-corrected chi connectivity index (χ3v) is 5.78. The van der Waals surface area contributed by atoms with Crippen molar-refractivity contribution in [3.05, 3.63) is 107 Å². The molecule has 0 bridgehead atoms. The Labute approximate surface area is 205 Å². The van der Waals surface area contributed by atoms with Crippen molar-refractivity contribution in [1.82, 2.24) is 24.0 Å². The van der Waals surface area contributed by atoms with Crippen LogP contribution in [0.4, 0.5) is 8.78 Å². The monoisotopic (exact) mass is 494 g/mol. The van der Waals surface area contributed by atoms with Gasteiger partial charge in [-0.25, -0.2) is 18.7 Å². The topological polar surface area (TPSA) is 102 Å². The summed E-state index contributed by atoms with van der Waals surface area (Å²) in [6.45, 7) is 3.22. The molecule has 1 N–H and O–H groups in total. The van der Waals surface area contributed by atoms with Crippen molar-refractivity contribution in [1.29, 1.82) is 0 Å². The van der Waals surface area contributed by atoms with Crippen LogP contribution in [0.2, 0.25) is 0 Å². The number of nitrogens with zero attached hydrogens (tertiary/aromatic N) is 6. The van der Waals surface area contributed by atoms with Crippen LogP contribution in [-0.4, -0.2) is 47.4 Å². The number of imidazole rings is 2. The lowest BCUT2D eigenvalue weighted by Gasteiger charge is -2.23. The maximum atomic E-state index is 14.4. The summed E-state index contributed by atoms with van der Waals surface area (Å²) in [5, 5.41) is 13.6. The first-order valence-electron chi connectivity index (χ1n) is 11.2. The molecular formula is C25H24F2N6O3. The second-order valence-corrected chi connectivity index (χ2v) is 8.10. The molecule has 0 unspecified atom stereocenters. The molecule has 0 atom stereocenters. The van der Waals surface area contributed by atoms with Gasteiger partial charge >= 0.3 is 0 Å². The molecule has 0 amide bonds. The first kappa shape index (κ1) is 24.7. The zero-order valence-electron chi connectivity index (χ0n) is 19.2. The van der Waals surface area contributed by atoms with Crippen molar-refractivity contribution in [2.45, 2.75) is 19.6 Å². The summed E-state index contributed by atoms with van der Waals surface area (Å²) in [4.78, 5) is 19.5. The standard InChI is InChI=1S/C25H23F2N5.HNO3/c26-20-10-9-19(21(27)15-20)16-30(11-13-31-17-28-22-5-1-3-7-24(22)31)12-14-32-18-29-23-6-2-4-8-25(23)32;2-1(3)4/h1-10,15,17-18H,11-14,16H2;(H,2,3,4). The molecule has 5 aromatic rings. The van der Waals surface area contributed by atoms with Crippen molar-refractivity contribution in [3.63, 3.8) is 0 Å². The normalized spacial score (nSPS) is 11.1. The molecule has 0 aliphatic rings. The fraction of sp³-hybridized carbons (Fsp3) is 0.200. The summed E-state index contributed by atoms with van der Waals surface area (Å²) in [5.41, 5.74) is 4.53. The van der Waals surface area contributed by atoms with Crippen molar-refractivity contribution in [2.75, 3.05) is 13.1 Å². The minimum absolute atomic E-state index is 0.394.